The highest BCUT2D eigenvalue weighted by atomic mass is 35.5. The summed E-state index contributed by atoms with van der Waals surface area (Å²) in [6.07, 6.45) is 11.1. The highest BCUT2D eigenvalue weighted by molar-refractivity contribution is 6.23. The maximum atomic E-state index is 9.29. The summed E-state index contributed by atoms with van der Waals surface area (Å²) in [4.78, 5) is 0. The monoisotopic (exact) mass is 381 g/mol. The summed E-state index contributed by atoms with van der Waals surface area (Å²) in [6, 6.07) is 6.67. The molecule has 27 heavy (non-hydrogen) atoms. The quantitative estimate of drug-likeness (QED) is 0.469. The predicted molar refractivity (Wildman–Crippen MR) is 113 cm³/mol. The second-order valence-electron chi connectivity index (χ2n) is 6.60. The zero-order valence-corrected chi connectivity index (χ0v) is 15.9. The summed E-state index contributed by atoms with van der Waals surface area (Å²) in [7, 11) is 0. The van der Waals surface area contributed by atoms with Gasteiger partial charge < -0.3 is 21.7 Å². The lowest BCUT2D eigenvalue weighted by atomic mass is 9.98. The first-order valence-corrected chi connectivity index (χ1v) is 9.48. The Bertz CT molecular complexity index is 933. The number of rotatable bonds is 4. The number of alkyl halides is 1. The average Bonchev–Trinajstić information content (AvgIpc) is 2.69. The van der Waals surface area contributed by atoms with Gasteiger partial charge in [0, 0.05) is 29.3 Å². The summed E-state index contributed by atoms with van der Waals surface area (Å²) >= 11 is 6.12. The van der Waals surface area contributed by atoms with Crippen LogP contribution < -0.4 is 32.1 Å². The Morgan fingerprint density at radius 1 is 1.33 bits per heavy atom. The maximum absolute atomic E-state index is 9.29. The molecule has 3 rings (SSSR count). The van der Waals surface area contributed by atoms with Gasteiger partial charge in [0.05, 0.1) is 11.6 Å². The van der Waals surface area contributed by atoms with Crippen LogP contribution in [-0.4, -0.2) is 24.6 Å². The van der Waals surface area contributed by atoms with Crippen molar-refractivity contribution in [3.63, 3.8) is 0 Å². The van der Waals surface area contributed by atoms with Crippen LogP contribution in [0.25, 0.3) is 17.8 Å². The second-order valence-corrected chi connectivity index (χ2v) is 7.04. The molecule has 1 saturated heterocycles. The van der Waals surface area contributed by atoms with E-state index in [1.165, 1.54) is 0 Å². The number of hydrogen-bond acceptors (Lipinski definition) is 5. The summed E-state index contributed by atoms with van der Waals surface area (Å²) in [5.41, 5.74) is 8.80. The molecule has 1 aromatic rings. The molecule has 2 aliphatic heterocycles. The lowest BCUT2D eigenvalue weighted by Gasteiger charge is -2.25. The largest absolute Gasteiger partial charge is 0.404 e. The topological polar surface area (TPSA) is 85.9 Å². The van der Waals surface area contributed by atoms with Gasteiger partial charge >= 0.3 is 0 Å². The molecule has 1 unspecified atom stereocenters. The number of nitrogens with one attached hydrogen (secondary N) is 3. The molecule has 5 nitrogen and oxygen atoms in total. The van der Waals surface area contributed by atoms with E-state index in [1.807, 2.05) is 24.4 Å². The van der Waals surface area contributed by atoms with Crippen molar-refractivity contribution in [2.24, 2.45) is 5.73 Å². The summed E-state index contributed by atoms with van der Waals surface area (Å²) in [5, 5.41) is 21.3. The molecule has 0 aromatic heterocycles. The minimum atomic E-state index is -0.498. The van der Waals surface area contributed by atoms with Crippen molar-refractivity contribution >= 4 is 35.1 Å². The fourth-order valence-electron chi connectivity index (χ4n) is 3.39. The summed E-state index contributed by atoms with van der Waals surface area (Å²) < 4.78 is 0. The smallest absolute Gasteiger partial charge is 0.137 e. The molecule has 0 saturated carbocycles. The number of piperidine rings is 1. The van der Waals surface area contributed by atoms with E-state index in [9.17, 15) is 5.26 Å². The normalized spacial score (nSPS) is 21.7. The Labute approximate surface area is 164 Å². The number of dihydropyridines is 1. The minimum Gasteiger partial charge on any atom is -0.404 e. The van der Waals surface area contributed by atoms with Crippen LogP contribution in [0.5, 0.6) is 0 Å². The molecule has 0 aliphatic carbocycles. The van der Waals surface area contributed by atoms with Gasteiger partial charge in [-0.15, -0.1) is 0 Å². The molecule has 0 bridgehead atoms. The molecule has 140 valence electrons. The van der Waals surface area contributed by atoms with Crippen LogP contribution in [0.2, 0.25) is 0 Å². The van der Waals surface area contributed by atoms with Gasteiger partial charge in [0.1, 0.15) is 5.50 Å². The van der Waals surface area contributed by atoms with Gasteiger partial charge in [-0.2, -0.15) is 5.26 Å². The molecule has 1 aromatic carbocycles. The van der Waals surface area contributed by atoms with Crippen LogP contribution in [0.4, 0.5) is 5.69 Å². The van der Waals surface area contributed by atoms with Crippen molar-refractivity contribution in [3.05, 3.63) is 58.6 Å². The Balaban J connectivity index is 2.08. The van der Waals surface area contributed by atoms with Crippen LogP contribution in [0.3, 0.4) is 0 Å². The highest BCUT2D eigenvalue weighted by Gasteiger charge is 2.17. The van der Waals surface area contributed by atoms with Gasteiger partial charge in [-0.1, -0.05) is 30.3 Å². The third kappa shape index (κ3) is 4.36. The highest BCUT2D eigenvalue weighted by Crippen LogP contribution is 2.24. The molecule has 0 spiro atoms. The molecule has 1 fully saturated rings. The summed E-state index contributed by atoms with van der Waals surface area (Å²) in [6.45, 7) is 5.83. The van der Waals surface area contributed by atoms with E-state index in [-0.39, 0.29) is 0 Å². The fourth-order valence-corrected chi connectivity index (χ4v) is 3.56. The third-order valence-electron chi connectivity index (χ3n) is 4.81. The van der Waals surface area contributed by atoms with Crippen LogP contribution in [-0.2, 0) is 0 Å². The molecular weight excluding hydrogens is 358 g/mol. The number of allylic oxidation sites excluding steroid dienone is 3. The van der Waals surface area contributed by atoms with Crippen molar-refractivity contribution in [1.82, 2.24) is 10.6 Å². The third-order valence-corrected chi connectivity index (χ3v) is 5.17. The molecule has 2 heterocycles. The van der Waals surface area contributed by atoms with Gasteiger partial charge in [-0.25, -0.2) is 0 Å². The Kier molecular flexibility index (Phi) is 6.23. The van der Waals surface area contributed by atoms with Crippen LogP contribution in [0, 0.1) is 11.3 Å². The van der Waals surface area contributed by atoms with Crippen molar-refractivity contribution < 1.29 is 0 Å². The van der Waals surface area contributed by atoms with E-state index < -0.39 is 5.50 Å². The first-order chi connectivity index (χ1) is 13.2. The van der Waals surface area contributed by atoms with Crippen molar-refractivity contribution in [3.8, 4) is 6.07 Å². The zero-order valence-electron chi connectivity index (χ0n) is 15.1. The molecule has 5 N–H and O–H groups in total. The van der Waals surface area contributed by atoms with Gasteiger partial charge in [-0.3, -0.25) is 0 Å². The van der Waals surface area contributed by atoms with E-state index in [4.69, 9.17) is 17.3 Å². The maximum Gasteiger partial charge on any atom is 0.137 e. The lowest BCUT2D eigenvalue weighted by molar-refractivity contribution is 0.479. The first kappa shape index (κ1) is 19.1. The number of nitriles is 1. The number of halogens is 1. The first-order valence-electron chi connectivity index (χ1n) is 9.04. The Morgan fingerprint density at radius 2 is 2.11 bits per heavy atom. The van der Waals surface area contributed by atoms with E-state index >= 15 is 0 Å². The standard InChI is InChI=1S/C21H24ClN5/c1-2-3-14-8-15(17-9-16(11-23)21(22)26-13-17)10-20(19(14)12-24)27-18-4-6-25-7-5-18/h2-3,8-10,12-13,18,21,25-27H,1,4-7,24H2/b14-3-,19-12+. The molecule has 1 atom stereocenters. The number of nitrogens with zero attached hydrogens (tertiary/aromatic N) is 1. The molecule has 2 aliphatic rings. The van der Waals surface area contributed by atoms with Gasteiger partial charge in [0.25, 0.3) is 0 Å². The van der Waals surface area contributed by atoms with Crippen LogP contribution in [0.15, 0.2) is 42.6 Å². The van der Waals surface area contributed by atoms with E-state index in [0.29, 0.717) is 11.6 Å². The number of anilines is 1. The Hall–Kier alpha value is -2.68. The van der Waals surface area contributed by atoms with E-state index in [0.717, 1.165) is 53.2 Å². The predicted octanol–water partition coefficient (Wildman–Crippen LogP) is 1.47. The lowest BCUT2D eigenvalue weighted by Crippen LogP contribution is -2.38. The summed E-state index contributed by atoms with van der Waals surface area (Å²) in [5.74, 6) is 0. The Morgan fingerprint density at radius 3 is 2.78 bits per heavy atom. The number of nitrogens with two attached hydrogens (primary N) is 1. The van der Waals surface area contributed by atoms with E-state index in [1.54, 1.807) is 12.3 Å². The minimum absolute atomic E-state index is 0.396. The van der Waals surface area contributed by atoms with Crippen LogP contribution >= 0.6 is 11.6 Å². The molecule has 0 amide bonds. The van der Waals surface area contributed by atoms with Gasteiger partial charge in [-0.05, 0) is 60.5 Å². The molecular formula is C21H24ClN5. The van der Waals surface area contributed by atoms with Gasteiger partial charge in [0.15, 0.2) is 0 Å². The van der Waals surface area contributed by atoms with E-state index in [2.05, 4.69) is 34.7 Å². The molecule has 6 heteroatoms. The number of benzene rings is 1. The van der Waals surface area contributed by atoms with Gasteiger partial charge in [0.2, 0.25) is 0 Å². The zero-order chi connectivity index (χ0) is 19.2. The average molecular weight is 382 g/mol. The number of hydrogen-bond donors (Lipinski definition) is 4. The van der Waals surface area contributed by atoms with Crippen LogP contribution in [0.1, 0.15) is 18.4 Å². The second kappa shape index (κ2) is 8.81. The molecule has 0 radical (unpaired) electrons. The van der Waals surface area contributed by atoms with Crippen molar-refractivity contribution in [2.75, 3.05) is 18.4 Å². The fraction of sp³-hybridized carbons (Fsp3) is 0.286. The van der Waals surface area contributed by atoms with Crippen molar-refractivity contribution in [2.45, 2.75) is 24.4 Å². The SMILES string of the molecule is C=C/C=c1/cc(C2=CNC(Cl)C(C#N)=C2)cc(NC2CCNCC2)/c1=C/N. The van der Waals surface area contributed by atoms with Crippen molar-refractivity contribution in [1.29, 1.82) is 5.26 Å².